The molecule has 0 aromatic heterocycles. The number of rotatable bonds is 11. The van der Waals surface area contributed by atoms with E-state index in [9.17, 15) is 18.7 Å². The molecular formula is C24H32F2N2O2. The molecular weight excluding hydrogens is 386 g/mol. The Balaban J connectivity index is 2.10. The van der Waals surface area contributed by atoms with Gasteiger partial charge in [-0.15, -0.1) is 0 Å². The third-order valence-corrected chi connectivity index (χ3v) is 5.14. The number of benzene rings is 2. The lowest BCUT2D eigenvalue weighted by Crippen LogP contribution is -2.48. The summed E-state index contributed by atoms with van der Waals surface area (Å²) in [5, 5.41) is 16.9. The van der Waals surface area contributed by atoms with Crippen molar-refractivity contribution >= 4 is 5.91 Å². The Kier molecular flexibility index (Phi) is 9.40. The fourth-order valence-corrected chi connectivity index (χ4v) is 3.64. The maximum Gasteiger partial charge on any atom is 0.217 e. The number of halogens is 2. The summed E-state index contributed by atoms with van der Waals surface area (Å²) in [5.41, 5.74) is 2.79. The first-order valence-corrected chi connectivity index (χ1v) is 10.5. The molecule has 0 aliphatic rings. The van der Waals surface area contributed by atoms with Crippen molar-refractivity contribution in [2.45, 2.75) is 64.6 Å². The van der Waals surface area contributed by atoms with Crippen molar-refractivity contribution in [2.24, 2.45) is 0 Å². The second-order valence-corrected chi connectivity index (χ2v) is 7.70. The van der Waals surface area contributed by atoms with Gasteiger partial charge in [0.2, 0.25) is 5.91 Å². The van der Waals surface area contributed by atoms with Gasteiger partial charge in [0, 0.05) is 25.6 Å². The quantitative estimate of drug-likeness (QED) is 0.516. The SMILES string of the molecule is CCC[C@H](NC[C@@H](O)C(Cc1cc(F)cc(F)c1)NC(C)=O)c1cccc(CC)c1. The van der Waals surface area contributed by atoms with Crippen molar-refractivity contribution in [1.82, 2.24) is 10.6 Å². The molecule has 30 heavy (non-hydrogen) atoms. The van der Waals surface area contributed by atoms with Crippen molar-refractivity contribution in [3.05, 3.63) is 70.8 Å². The summed E-state index contributed by atoms with van der Waals surface area (Å²) in [6.45, 7) is 5.81. The molecule has 1 amide bonds. The number of hydrogen-bond donors (Lipinski definition) is 3. The average molecular weight is 419 g/mol. The fourth-order valence-electron chi connectivity index (χ4n) is 3.64. The van der Waals surface area contributed by atoms with Gasteiger partial charge in [-0.2, -0.15) is 0 Å². The van der Waals surface area contributed by atoms with E-state index in [1.807, 2.05) is 6.07 Å². The molecule has 2 aromatic carbocycles. The topological polar surface area (TPSA) is 61.4 Å². The summed E-state index contributed by atoms with van der Waals surface area (Å²) in [5.74, 6) is -1.67. The smallest absolute Gasteiger partial charge is 0.217 e. The number of aliphatic hydroxyl groups excluding tert-OH is 1. The molecule has 0 saturated carbocycles. The van der Waals surface area contributed by atoms with E-state index in [4.69, 9.17) is 0 Å². The molecule has 0 heterocycles. The summed E-state index contributed by atoms with van der Waals surface area (Å²) in [6.07, 6.45) is 2.03. The van der Waals surface area contributed by atoms with Crippen LogP contribution >= 0.6 is 0 Å². The number of hydrogen-bond acceptors (Lipinski definition) is 3. The first kappa shape index (κ1) is 24.0. The minimum absolute atomic E-state index is 0.0701. The number of carbonyl (C=O) groups is 1. The normalized spacial score (nSPS) is 14.2. The van der Waals surface area contributed by atoms with Crippen molar-refractivity contribution in [3.8, 4) is 0 Å². The van der Waals surface area contributed by atoms with Crippen LogP contribution in [0.15, 0.2) is 42.5 Å². The van der Waals surface area contributed by atoms with Gasteiger partial charge < -0.3 is 15.7 Å². The first-order chi connectivity index (χ1) is 14.3. The highest BCUT2D eigenvalue weighted by atomic mass is 19.1. The van der Waals surface area contributed by atoms with E-state index in [0.29, 0.717) is 5.56 Å². The lowest BCUT2D eigenvalue weighted by atomic mass is 9.97. The minimum atomic E-state index is -0.922. The van der Waals surface area contributed by atoms with Gasteiger partial charge in [0.05, 0.1) is 12.1 Å². The molecule has 0 aliphatic carbocycles. The van der Waals surface area contributed by atoms with Gasteiger partial charge in [-0.25, -0.2) is 8.78 Å². The lowest BCUT2D eigenvalue weighted by molar-refractivity contribution is -0.120. The van der Waals surface area contributed by atoms with Crippen molar-refractivity contribution in [3.63, 3.8) is 0 Å². The van der Waals surface area contributed by atoms with Gasteiger partial charge >= 0.3 is 0 Å². The Morgan fingerprint density at radius 2 is 1.77 bits per heavy atom. The molecule has 0 fully saturated rings. The van der Waals surface area contributed by atoms with E-state index in [1.54, 1.807) is 0 Å². The van der Waals surface area contributed by atoms with Gasteiger partial charge in [0.25, 0.3) is 0 Å². The highest BCUT2D eigenvalue weighted by molar-refractivity contribution is 5.73. The van der Waals surface area contributed by atoms with Crippen LogP contribution in [0.2, 0.25) is 0 Å². The van der Waals surface area contributed by atoms with Crippen LogP contribution in [-0.4, -0.2) is 29.7 Å². The number of aliphatic hydroxyl groups is 1. The highest BCUT2D eigenvalue weighted by Gasteiger charge is 2.23. The summed E-state index contributed by atoms with van der Waals surface area (Å²) in [6, 6.07) is 11.0. The molecule has 0 bridgehead atoms. The van der Waals surface area contributed by atoms with Crippen molar-refractivity contribution in [2.75, 3.05) is 6.54 Å². The molecule has 0 spiro atoms. The lowest BCUT2D eigenvalue weighted by Gasteiger charge is -2.27. The fraction of sp³-hybridized carbons (Fsp3) is 0.458. The zero-order chi connectivity index (χ0) is 22.1. The highest BCUT2D eigenvalue weighted by Crippen LogP contribution is 2.20. The van der Waals surface area contributed by atoms with Gasteiger partial charge in [-0.05, 0) is 48.1 Å². The van der Waals surface area contributed by atoms with Crippen LogP contribution in [0.4, 0.5) is 8.78 Å². The number of carbonyl (C=O) groups excluding carboxylic acids is 1. The molecule has 3 atom stereocenters. The third kappa shape index (κ3) is 7.50. The Morgan fingerprint density at radius 3 is 2.37 bits per heavy atom. The van der Waals surface area contributed by atoms with Gasteiger partial charge in [-0.1, -0.05) is 44.5 Å². The Hall–Kier alpha value is -2.31. The Morgan fingerprint density at radius 1 is 1.07 bits per heavy atom. The first-order valence-electron chi connectivity index (χ1n) is 10.5. The molecule has 164 valence electrons. The van der Waals surface area contributed by atoms with Crippen LogP contribution in [-0.2, 0) is 17.6 Å². The second-order valence-electron chi connectivity index (χ2n) is 7.70. The summed E-state index contributed by atoms with van der Waals surface area (Å²) < 4.78 is 27.1. The summed E-state index contributed by atoms with van der Waals surface area (Å²) >= 11 is 0. The standard InChI is InChI=1S/C24H32F2N2O2/c1-4-7-22(19-9-6-8-17(5-2)10-19)27-15-24(30)23(28-16(3)29)13-18-11-20(25)14-21(26)12-18/h6,8-12,14,22-24,27,30H,4-5,7,13,15H2,1-3H3,(H,28,29)/t22-,23?,24+/m0/s1. The van der Waals surface area contributed by atoms with E-state index in [-0.39, 0.29) is 24.9 Å². The van der Waals surface area contributed by atoms with Crippen LogP contribution in [0.5, 0.6) is 0 Å². The van der Waals surface area contributed by atoms with Crippen molar-refractivity contribution in [1.29, 1.82) is 0 Å². The van der Waals surface area contributed by atoms with Crippen LogP contribution in [0.1, 0.15) is 56.3 Å². The molecule has 2 rings (SSSR count). The molecule has 0 radical (unpaired) electrons. The van der Waals surface area contributed by atoms with E-state index >= 15 is 0 Å². The number of amides is 1. The minimum Gasteiger partial charge on any atom is -0.390 e. The van der Waals surface area contributed by atoms with E-state index in [2.05, 4.69) is 42.7 Å². The van der Waals surface area contributed by atoms with Crippen LogP contribution in [0, 0.1) is 11.6 Å². The molecule has 4 nitrogen and oxygen atoms in total. The van der Waals surface area contributed by atoms with E-state index in [1.165, 1.54) is 24.6 Å². The zero-order valence-corrected chi connectivity index (χ0v) is 17.9. The molecule has 2 aromatic rings. The third-order valence-electron chi connectivity index (χ3n) is 5.14. The molecule has 6 heteroatoms. The largest absolute Gasteiger partial charge is 0.390 e. The van der Waals surface area contributed by atoms with Gasteiger partial charge in [0.15, 0.2) is 0 Å². The predicted molar refractivity (Wildman–Crippen MR) is 115 cm³/mol. The molecule has 0 saturated heterocycles. The Labute approximate surface area is 177 Å². The molecule has 1 unspecified atom stereocenters. The van der Waals surface area contributed by atoms with E-state index in [0.717, 1.165) is 30.9 Å². The Bertz CT molecular complexity index is 808. The molecule has 0 aliphatic heterocycles. The zero-order valence-electron chi connectivity index (χ0n) is 17.9. The van der Waals surface area contributed by atoms with Crippen LogP contribution in [0.25, 0.3) is 0 Å². The summed E-state index contributed by atoms with van der Waals surface area (Å²) in [7, 11) is 0. The van der Waals surface area contributed by atoms with E-state index < -0.39 is 23.8 Å². The predicted octanol–water partition coefficient (Wildman–Crippen LogP) is 4.07. The monoisotopic (exact) mass is 418 g/mol. The maximum absolute atomic E-state index is 13.5. The van der Waals surface area contributed by atoms with Crippen molar-refractivity contribution < 1.29 is 18.7 Å². The number of aryl methyl sites for hydroxylation is 1. The van der Waals surface area contributed by atoms with Gasteiger partial charge in [-0.3, -0.25) is 4.79 Å². The van der Waals surface area contributed by atoms with Crippen LogP contribution < -0.4 is 10.6 Å². The molecule has 3 N–H and O–H groups in total. The average Bonchev–Trinajstić information content (AvgIpc) is 2.69. The number of nitrogens with one attached hydrogen (secondary N) is 2. The van der Waals surface area contributed by atoms with Gasteiger partial charge in [0.1, 0.15) is 11.6 Å². The second kappa shape index (κ2) is 11.8. The van der Waals surface area contributed by atoms with Crippen LogP contribution in [0.3, 0.4) is 0 Å². The maximum atomic E-state index is 13.5. The summed E-state index contributed by atoms with van der Waals surface area (Å²) in [4.78, 5) is 11.6.